The van der Waals surface area contributed by atoms with Gasteiger partial charge in [-0.25, -0.2) is 0 Å². The number of benzene rings is 1. The van der Waals surface area contributed by atoms with Crippen LogP contribution in [-0.4, -0.2) is 0 Å². The van der Waals surface area contributed by atoms with Gasteiger partial charge in [-0.1, -0.05) is 35.3 Å². The van der Waals surface area contributed by atoms with Crippen LogP contribution in [0.2, 0.25) is 0 Å². The Balaban J connectivity index is 2.88. The molecule has 1 rings (SSSR count). The summed E-state index contributed by atoms with van der Waals surface area (Å²) in [5.74, 6) is 0. The topological polar surface area (TPSA) is 26.0 Å². The number of halogens is 1. The number of rotatable bonds is 3. The molecule has 0 fully saturated rings. The van der Waals surface area contributed by atoms with Gasteiger partial charge in [0.05, 0.1) is 0 Å². The van der Waals surface area contributed by atoms with Gasteiger partial charge in [-0.3, -0.25) is 0 Å². The highest BCUT2D eigenvalue weighted by Gasteiger charge is 2.07. The van der Waals surface area contributed by atoms with Crippen LogP contribution in [-0.2, 0) is 0 Å². The fraction of sp³-hybridized carbons (Fsp3) is 0.455. The van der Waals surface area contributed by atoms with E-state index in [1.54, 1.807) is 0 Å². The third kappa shape index (κ3) is 2.82. The highest BCUT2D eigenvalue weighted by Crippen LogP contribution is 2.22. The molecular formula is C11H16BrN. The Kier molecular flexibility index (Phi) is 3.94. The quantitative estimate of drug-likeness (QED) is 0.861. The molecular weight excluding hydrogens is 226 g/mol. The van der Waals surface area contributed by atoms with Gasteiger partial charge < -0.3 is 5.73 Å². The summed E-state index contributed by atoms with van der Waals surface area (Å²) in [4.78, 5) is 0. The Hall–Kier alpha value is -0.340. The molecule has 2 N–H and O–H groups in total. The fourth-order valence-electron chi connectivity index (χ4n) is 1.52. The molecule has 0 bridgehead atoms. The van der Waals surface area contributed by atoms with Crippen LogP contribution in [0, 0.1) is 6.92 Å². The van der Waals surface area contributed by atoms with Gasteiger partial charge >= 0.3 is 0 Å². The second-order valence-electron chi connectivity index (χ2n) is 3.40. The Morgan fingerprint density at radius 1 is 1.46 bits per heavy atom. The van der Waals surface area contributed by atoms with Crippen molar-refractivity contribution in [3.8, 4) is 0 Å². The second kappa shape index (κ2) is 4.77. The van der Waals surface area contributed by atoms with Gasteiger partial charge in [0.25, 0.3) is 0 Å². The smallest absolute Gasteiger partial charge is 0.0297 e. The van der Waals surface area contributed by atoms with Crippen molar-refractivity contribution in [1.29, 1.82) is 0 Å². The van der Waals surface area contributed by atoms with Gasteiger partial charge in [0.1, 0.15) is 0 Å². The summed E-state index contributed by atoms with van der Waals surface area (Å²) in [7, 11) is 0. The zero-order valence-electron chi connectivity index (χ0n) is 8.18. The largest absolute Gasteiger partial charge is 0.324 e. The lowest BCUT2D eigenvalue weighted by Gasteiger charge is -2.13. The third-order valence-electron chi connectivity index (χ3n) is 2.23. The molecule has 1 aromatic rings. The van der Waals surface area contributed by atoms with Crippen molar-refractivity contribution >= 4 is 15.9 Å². The van der Waals surface area contributed by atoms with Crippen molar-refractivity contribution < 1.29 is 0 Å². The summed E-state index contributed by atoms with van der Waals surface area (Å²) < 4.78 is 1.12. The van der Waals surface area contributed by atoms with E-state index in [1.165, 1.54) is 11.1 Å². The van der Waals surface area contributed by atoms with Crippen molar-refractivity contribution in [1.82, 2.24) is 0 Å². The van der Waals surface area contributed by atoms with E-state index in [2.05, 4.69) is 48.0 Å². The maximum atomic E-state index is 6.04. The second-order valence-corrected chi connectivity index (χ2v) is 4.31. The predicted octanol–water partition coefficient (Wildman–Crippen LogP) is 3.56. The van der Waals surface area contributed by atoms with Crippen molar-refractivity contribution in [3.63, 3.8) is 0 Å². The lowest BCUT2D eigenvalue weighted by molar-refractivity contribution is 0.635. The van der Waals surface area contributed by atoms with Crippen LogP contribution in [0.3, 0.4) is 0 Å². The van der Waals surface area contributed by atoms with E-state index in [9.17, 15) is 0 Å². The van der Waals surface area contributed by atoms with Gasteiger partial charge in [-0.15, -0.1) is 0 Å². The Labute approximate surface area is 88.5 Å². The summed E-state index contributed by atoms with van der Waals surface area (Å²) in [6.45, 7) is 4.27. The van der Waals surface area contributed by atoms with Crippen molar-refractivity contribution in [2.75, 3.05) is 0 Å². The Morgan fingerprint density at radius 2 is 2.15 bits per heavy atom. The van der Waals surface area contributed by atoms with Crippen LogP contribution < -0.4 is 5.73 Å². The Bertz CT molecular complexity index is 283. The average Bonchev–Trinajstić information content (AvgIpc) is 2.04. The molecule has 0 heterocycles. The van der Waals surface area contributed by atoms with E-state index in [0.29, 0.717) is 0 Å². The highest BCUT2D eigenvalue weighted by atomic mass is 79.9. The lowest BCUT2D eigenvalue weighted by atomic mass is 9.99. The Morgan fingerprint density at radius 3 is 2.69 bits per heavy atom. The molecule has 0 aromatic heterocycles. The summed E-state index contributed by atoms with van der Waals surface area (Å²) in [6.07, 6.45) is 2.19. The molecule has 1 nitrogen and oxygen atoms in total. The van der Waals surface area contributed by atoms with E-state index in [-0.39, 0.29) is 6.04 Å². The van der Waals surface area contributed by atoms with Crippen LogP contribution >= 0.6 is 15.9 Å². The molecule has 0 amide bonds. The lowest BCUT2D eigenvalue weighted by Crippen LogP contribution is -2.11. The molecule has 2 heteroatoms. The average molecular weight is 242 g/mol. The zero-order valence-corrected chi connectivity index (χ0v) is 9.76. The van der Waals surface area contributed by atoms with E-state index in [4.69, 9.17) is 5.73 Å². The first-order chi connectivity index (χ1) is 6.15. The van der Waals surface area contributed by atoms with Gasteiger partial charge in [-0.2, -0.15) is 0 Å². The predicted molar refractivity (Wildman–Crippen MR) is 60.7 cm³/mol. The standard InChI is InChI=1S/C11H16BrN/c1-3-4-11(13)10-6-5-9(12)7-8(10)2/h5-7,11H,3-4,13H2,1-2H3/t11-/m0/s1. The molecule has 0 aliphatic rings. The van der Waals surface area contributed by atoms with Crippen molar-refractivity contribution in [2.24, 2.45) is 5.73 Å². The van der Waals surface area contributed by atoms with E-state index < -0.39 is 0 Å². The number of hydrogen-bond acceptors (Lipinski definition) is 1. The SMILES string of the molecule is CCC[C@H](N)c1ccc(Br)cc1C. The molecule has 0 saturated heterocycles. The first-order valence-electron chi connectivity index (χ1n) is 4.66. The maximum Gasteiger partial charge on any atom is 0.0297 e. The third-order valence-corrected chi connectivity index (χ3v) is 2.72. The molecule has 13 heavy (non-hydrogen) atoms. The molecule has 72 valence electrons. The number of hydrogen-bond donors (Lipinski definition) is 1. The van der Waals surface area contributed by atoms with Crippen molar-refractivity contribution in [2.45, 2.75) is 32.7 Å². The minimum absolute atomic E-state index is 0.193. The maximum absolute atomic E-state index is 6.04. The first kappa shape index (κ1) is 10.7. The summed E-state index contributed by atoms with van der Waals surface area (Å²) >= 11 is 3.44. The first-order valence-corrected chi connectivity index (χ1v) is 5.46. The molecule has 1 aromatic carbocycles. The van der Waals surface area contributed by atoms with Crippen molar-refractivity contribution in [3.05, 3.63) is 33.8 Å². The van der Waals surface area contributed by atoms with Crippen LogP contribution in [0.4, 0.5) is 0 Å². The molecule has 0 aliphatic heterocycles. The summed E-state index contributed by atoms with van der Waals surface area (Å²) in [5, 5.41) is 0. The summed E-state index contributed by atoms with van der Waals surface area (Å²) in [6, 6.07) is 6.47. The van der Waals surface area contributed by atoms with Crippen LogP contribution in [0.15, 0.2) is 22.7 Å². The minimum atomic E-state index is 0.193. The zero-order chi connectivity index (χ0) is 9.84. The molecule has 0 spiro atoms. The molecule has 0 radical (unpaired) electrons. The fourth-order valence-corrected chi connectivity index (χ4v) is 2.00. The number of aryl methyl sites for hydroxylation is 1. The van der Waals surface area contributed by atoms with Crippen LogP contribution in [0.5, 0.6) is 0 Å². The van der Waals surface area contributed by atoms with Gasteiger partial charge in [0.15, 0.2) is 0 Å². The minimum Gasteiger partial charge on any atom is -0.324 e. The molecule has 0 saturated carbocycles. The molecule has 0 unspecified atom stereocenters. The van der Waals surface area contributed by atoms with E-state index in [1.807, 2.05) is 0 Å². The van der Waals surface area contributed by atoms with E-state index in [0.717, 1.165) is 17.3 Å². The normalized spacial score (nSPS) is 12.9. The molecule has 0 aliphatic carbocycles. The number of nitrogens with two attached hydrogens (primary N) is 1. The van der Waals surface area contributed by atoms with Gasteiger partial charge in [-0.05, 0) is 36.6 Å². The van der Waals surface area contributed by atoms with Crippen LogP contribution in [0.25, 0.3) is 0 Å². The summed E-state index contributed by atoms with van der Waals surface area (Å²) in [5.41, 5.74) is 8.58. The van der Waals surface area contributed by atoms with Crippen LogP contribution in [0.1, 0.15) is 36.9 Å². The monoisotopic (exact) mass is 241 g/mol. The van der Waals surface area contributed by atoms with Gasteiger partial charge in [0, 0.05) is 10.5 Å². The highest BCUT2D eigenvalue weighted by molar-refractivity contribution is 9.10. The molecule has 1 atom stereocenters. The van der Waals surface area contributed by atoms with E-state index >= 15 is 0 Å². The van der Waals surface area contributed by atoms with Gasteiger partial charge in [0.2, 0.25) is 0 Å².